The number of unbranched alkanes of at least 4 members (excludes halogenated alkanes) is 1. The molecule has 0 spiro atoms. The second-order valence-electron chi connectivity index (χ2n) is 4.99. The van der Waals surface area contributed by atoms with Crippen molar-refractivity contribution >= 4 is 0 Å². The Morgan fingerprint density at radius 2 is 1.95 bits per heavy atom. The summed E-state index contributed by atoms with van der Waals surface area (Å²) in [5.41, 5.74) is 0.309. The molecule has 0 bridgehead atoms. The Hall–Kier alpha value is -0.930. The molecule has 0 saturated heterocycles. The molecule has 0 fully saturated rings. The van der Waals surface area contributed by atoms with Crippen molar-refractivity contribution in [2.45, 2.75) is 45.6 Å². The zero-order valence-electron chi connectivity index (χ0n) is 11.9. The summed E-state index contributed by atoms with van der Waals surface area (Å²) in [5.74, 6) is 0.157. The van der Waals surface area contributed by atoms with Gasteiger partial charge < -0.3 is 9.84 Å². The average Bonchev–Trinajstić information content (AvgIpc) is 2.42. The molecule has 2 nitrogen and oxygen atoms in total. The molecule has 0 aliphatic carbocycles. The number of rotatable bonds is 9. The standard InChI is InChI=1S/C16H25FO2/c1-3-5-8-13(4-2)11-19-12-16(18)14-9-6-7-10-15(14)17/h6-7,9-10,13,16,18H,3-5,8,11-12H2,1-2H3. The minimum absolute atomic E-state index is 0.156. The third kappa shape index (κ3) is 5.70. The molecule has 1 rings (SSSR count). The van der Waals surface area contributed by atoms with Crippen LogP contribution < -0.4 is 0 Å². The van der Waals surface area contributed by atoms with Gasteiger partial charge in [-0.05, 0) is 18.4 Å². The molecule has 2 atom stereocenters. The summed E-state index contributed by atoms with van der Waals surface area (Å²) < 4.78 is 19.0. The summed E-state index contributed by atoms with van der Waals surface area (Å²) in [6.07, 6.45) is 3.75. The van der Waals surface area contributed by atoms with Crippen LogP contribution in [0.1, 0.15) is 51.2 Å². The van der Waals surface area contributed by atoms with Crippen LogP contribution in [0, 0.1) is 11.7 Å². The van der Waals surface area contributed by atoms with Crippen LogP contribution in [0.4, 0.5) is 4.39 Å². The van der Waals surface area contributed by atoms with Crippen molar-refractivity contribution < 1.29 is 14.2 Å². The van der Waals surface area contributed by atoms with Crippen LogP contribution in [0.5, 0.6) is 0 Å². The molecule has 0 saturated carbocycles. The molecule has 0 aliphatic rings. The highest BCUT2D eigenvalue weighted by atomic mass is 19.1. The maximum atomic E-state index is 13.4. The maximum Gasteiger partial charge on any atom is 0.129 e. The molecule has 1 aromatic rings. The van der Waals surface area contributed by atoms with E-state index in [1.807, 2.05) is 0 Å². The van der Waals surface area contributed by atoms with Crippen LogP contribution in [0.15, 0.2) is 24.3 Å². The van der Waals surface area contributed by atoms with Crippen LogP contribution in [0.25, 0.3) is 0 Å². The molecule has 0 heterocycles. The monoisotopic (exact) mass is 268 g/mol. The fourth-order valence-electron chi connectivity index (χ4n) is 2.08. The first kappa shape index (κ1) is 16.1. The van der Waals surface area contributed by atoms with E-state index in [4.69, 9.17) is 4.74 Å². The van der Waals surface area contributed by atoms with Crippen molar-refractivity contribution in [2.24, 2.45) is 5.92 Å². The Balaban J connectivity index is 2.34. The number of ether oxygens (including phenoxy) is 1. The quantitative estimate of drug-likeness (QED) is 0.731. The minimum atomic E-state index is -0.884. The van der Waals surface area contributed by atoms with E-state index in [0.29, 0.717) is 18.1 Å². The first-order valence-electron chi connectivity index (χ1n) is 7.19. The normalized spacial score (nSPS) is 14.3. The molecule has 1 N–H and O–H groups in total. The molecule has 2 unspecified atom stereocenters. The SMILES string of the molecule is CCCCC(CC)COCC(O)c1ccccc1F. The molecule has 0 aromatic heterocycles. The molecule has 3 heteroatoms. The van der Waals surface area contributed by atoms with Gasteiger partial charge in [-0.1, -0.05) is 51.3 Å². The lowest BCUT2D eigenvalue weighted by Gasteiger charge is -2.17. The largest absolute Gasteiger partial charge is 0.386 e. The summed E-state index contributed by atoms with van der Waals surface area (Å²) >= 11 is 0. The van der Waals surface area contributed by atoms with Gasteiger partial charge in [-0.2, -0.15) is 0 Å². The van der Waals surface area contributed by atoms with Crippen LogP contribution in [-0.2, 0) is 4.74 Å². The van der Waals surface area contributed by atoms with E-state index in [2.05, 4.69) is 13.8 Å². The number of hydrogen-bond donors (Lipinski definition) is 1. The molecular weight excluding hydrogens is 243 g/mol. The van der Waals surface area contributed by atoms with Gasteiger partial charge in [-0.3, -0.25) is 0 Å². The van der Waals surface area contributed by atoms with Crippen molar-refractivity contribution in [3.05, 3.63) is 35.6 Å². The van der Waals surface area contributed by atoms with Gasteiger partial charge in [0.2, 0.25) is 0 Å². The van der Waals surface area contributed by atoms with Crippen LogP contribution in [-0.4, -0.2) is 18.3 Å². The van der Waals surface area contributed by atoms with Gasteiger partial charge in [-0.25, -0.2) is 4.39 Å². The predicted molar refractivity (Wildman–Crippen MR) is 75.5 cm³/mol. The Labute approximate surface area is 115 Å². The van der Waals surface area contributed by atoms with Gasteiger partial charge in [0, 0.05) is 12.2 Å². The lowest BCUT2D eigenvalue weighted by atomic mass is 10.0. The zero-order chi connectivity index (χ0) is 14.1. The lowest BCUT2D eigenvalue weighted by Crippen LogP contribution is -2.14. The second-order valence-corrected chi connectivity index (χ2v) is 4.99. The third-order valence-corrected chi connectivity index (χ3v) is 3.44. The molecule has 1 aromatic carbocycles. The highest BCUT2D eigenvalue weighted by Crippen LogP contribution is 2.18. The summed E-state index contributed by atoms with van der Waals surface area (Å²) in [6.45, 7) is 5.12. The fourth-order valence-corrected chi connectivity index (χ4v) is 2.08. The maximum absolute atomic E-state index is 13.4. The number of aliphatic hydroxyl groups is 1. The molecular formula is C16H25FO2. The molecule has 19 heavy (non-hydrogen) atoms. The molecule has 108 valence electrons. The Kier molecular flexibility index (Phi) is 7.68. The van der Waals surface area contributed by atoms with E-state index in [-0.39, 0.29) is 12.4 Å². The van der Waals surface area contributed by atoms with E-state index < -0.39 is 6.10 Å². The van der Waals surface area contributed by atoms with Crippen molar-refractivity contribution in [3.8, 4) is 0 Å². The minimum Gasteiger partial charge on any atom is -0.386 e. The highest BCUT2D eigenvalue weighted by Gasteiger charge is 2.13. The van der Waals surface area contributed by atoms with Crippen molar-refractivity contribution in [1.82, 2.24) is 0 Å². The van der Waals surface area contributed by atoms with Gasteiger partial charge in [0.15, 0.2) is 0 Å². The average molecular weight is 268 g/mol. The summed E-state index contributed by atoms with van der Waals surface area (Å²) in [6, 6.07) is 6.29. The van der Waals surface area contributed by atoms with Gasteiger partial charge in [0.25, 0.3) is 0 Å². The summed E-state index contributed by atoms with van der Waals surface area (Å²) in [7, 11) is 0. The first-order valence-corrected chi connectivity index (χ1v) is 7.19. The van der Waals surface area contributed by atoms with Crippen molar-refractivity contribution in [3.63, 3.8) is 0 Å². The lowest BCUT2D eigenvalue weighted by molar-refractivity contribution is 0.0167. The molecule has 0 amide bonds. The van der Waals surface area contributed by atoms with Crippen LogP contribution in [0.2, 0.25) is 0 Å². The van der Waals surface area contributed by atoms with E-state index in [1.165, 1.54) is 18.9 Å². The second kappa shape index (κ2) is 9.05. The first-order chi connectivity index (χ1) is 9.19. The zero-order valence-corrected chi connectivity index (χ0v) is 11.9. The number of aliphatic hydroxyl groups excluding tert-OH is 1. The number of hydrogen-bond acceptors (Lipinski definition) is 2. The Morgan fingerprint density at radius 3 is 2.58 bits per heavy atom. The number of benzene rings is 1. The van der Waals surface area contributed by atoms with E-state index in [9.17, 15) is 9.50 Å². The fraction of sp³-hybridized carbons (Fsp3) is 0.625. The number of halogens is 1. The van der Waals surface area contributed by atoms with E-state index in [1.54, 1.807) is 18.2 Å². The smallest absolute Gasteiger partial charge is 0.129 e. The predicted octanol–water partition coefficient (Wildman–Crippen LogP) is 4.09. The molecule has 0 aliphatic heterocycles. The van der Waals surface area contributed by atoms with Gasteiger partial charge in [0.05, 0.1) is 6.61 Å². The molecule has 0 radical (unpaired) electrons. The van der Waals surface area contributed by atoms with Gasteiger partial charge in [0.1, 0.15) is 11.9 Å². The third-order valence-electron chi connectivity index (χ3n) is 3.44. The van der Waals surface area contributed by atoms with Crippen molar-refractivity contribution in [1.29, 1.82) is 0 Å². The van der Waals surface area contributed by atoms with Crippen LogP contribution >= 0.6 is 0 Å². The summed E-state index contributed by atoms with van der Waals surface area (Å²) in [4.78, 5) is 0. The van der Waals surface area contributed by atoms with Crippen molar-refractivity contribution in [2.75, 3.05) is 13.2 Å². The highest BCUT2D eigenvalue weighted by molar-refractivity contribution is 5.19. The Bertz CT molecular complexity index is 354. The summed E-state index contributed by atoms with van der Waals surface area (Å²) in [5, 5.41) is 9.90. The van der Waals surface area contributed by atoms with E-state index in [0.717, 1.165) is 12.8 Å². The topological polar surface area (TPSA) is 29.5 Å². The van der Waals surface area contributed by atoms with Gasteiger partial charge in [-0.15, -0.1) is 0 Å². The van der Waals surface area contributed by atoms with E-state index >= 15 is 0 Å². The Morgan fingerprint density at radius 1 is 1.21 bits per heavy atom. The van der Waals surface area contributed by atoms with Gasteiger partial charge >= 0.3 is 0 Å². The van der Waals surface area contributed by atoms with Crippen LogP contribution in [0.3, 0.4) is 0 Å².